The third kappa shape index (κ3) is 6.80. The molecule has 2 N–H and O–H groups in total. The quantitative estimate of drug-likeness (QED) is 0.406. The number of aliphatic hydroxyl groups is 1. The van der Waals surface area contributed by atoms with Crippen LogP contribution in [0.2, 0.25) is 0 Å². The first-order chi connectivity index (χ1) is 19.9. The summed E-state index contributed by atoms with van der Waals surface area (Å²) in [5.74, 6) is 2.24. The molecule has 0 spiro atoms. The number of rotatable bonds is 9. The van der Waals surface area contributed by atoms with E-state index in [0.29, 0.717) is 23.8 Å². The summed E-state index contributed by atoms with van der Waals surface area (Å²) in [6.45, 7) is 12.1. The second-order valence-electron chi connectivity index (χ2n) is 11.2. The van der Waals surface area contributed by atoms with Crippen LogP contribution in [0.15, 0.2) is 36.8 Å². The summed E-state index contributed by atoms with van der Waals surface area (Å²) in [6, 6.07) is 8.27. The van der Waals surface area contributed by atoms with E-state index in [0.717, 1.165) is 81.7 Å². The number of nitrogens with zero attached hydrogens (tertiary/aromatic N) is 6. The highest BCUT2D eigenvalue weighted by atomic mass is 16.5. The van der Waals surface area contributed by atoms with Crippen LogP contribution in [-0.2, 0) is 4.79 Å². The van der Waals surface area contributed by atoms with E-state index in [1.807, 2.05) is 31.3 Å². The molecule has 41 heavy (non-hydrogen) atoms. The van der Waals surface area contributed by atoms with Gasteiger partial charge in [0.2, 0.25) is 5.91 Å². The van der Waals surface area contributed by atoms with Crippen LogP contribution in [0.4, 0.5) is 5.82 Å². The second-order valence-corrected chi connectivity index (χ2v) is 11.2. The zero-order valence-electron chi connectivity index (χ0n) is 24.8. The van der Waals surface area contributed by atoms with E-state index in [9.17, 15) is 10.1 Å². The molecule has 0 radical (unpaired) electrons. The number of nitriles is 1. The van der Waals surface area contributed by atoms with E-state index in [1.165, 1.54) is 12.8 Å². The van der Waals surface area contributed by atoms with Gasteiger partial charge in [-0.2, -0.15) is 10.4 Å². The van der Waals surface area contributed by atoms with Crippen molar-refractivity contribution in [2.75, 3.05) is 57.9 Å². The number of fused-ring (bicyclic) bond motifs is 1. The zero-order chi connectivity index (χ0) is 29.4. The summed E-state index contributed by atoms with van der Waals surface area (Å²) in [6.07, 6.45) is 9.31. The fraction of sp³-hybridized carbons (Fsp3) is 0.548. The third-order valence-electron chi connectivity index (χ3n) is 8.00. The van der Waals surface area contributed by atoms with Gasteiger partial charge in [-0.25, -0.2) is 9.50 Å². The molecule has 3 aromatic heterocycles. The number of amides is 1. The molecular weight excluding hydrogens is 518 g/mol. The normalized spacial score (nSPS) is 16.8. The molecule has 0 saturated carbocycles. The van der Waals surface area contributed by atoms with Crippen LogP contribution in [0.5, 0.6) is 5.75 Å². The number of nitrogens with one attached hydrogen (secondary N) is 1. The van der Waals surface area contributed by atoms with Crippen molar-refractivity contribution in [2.24, 2.45) is 11.3 Å². The minimum atomic E-state index is -0.351. The molecule has 2 aliphatic rings. The lowest BCUT2D eigenvalue weighted by atomic mass is 9.76. The summed E-state index contributed by atoms with van der Waals surface area (Å²) < 4.78 is 7.44. The van der Waals surface area contributed by atoms with Gasteiger partial charge in [0, 0.05) is 50.6 Å². The monoisotopic (exact) mass is 561 g/mol. The van der Waals surface area contributed by atoms with Crippen LogP contribution >= 0.6 is 0 Å². The van der Waals surface area contributed by atoms with Gasteiger partial charge in [0.1, 0.15) is 17.6 Å². The number of carbonyl (C=O) groups excluding carboxylic acids is 1. The lowest BCUT2D eigenvalue weighted by molar-refractivity contribution is -0.133. The first-order valence-electron chi connectivity index (χ1n) is 14.6. The Kier molecular flexibility index (Phi) is 10.2. The molecule has 0 atom stereocenters. The molecule has 10 heteroatoms. The molecule has 5 rings (SSSR count). The minimum Gasteiger partial charge on any atom is -0.492 e. The zero-order valence-corrected chi connectivity index (χ0v) is 24.8. The average Bonchev–Trinajstić information content (AvgIpc) is 3.67. The van der Waals surface area contributed by atoms with E-state index in [4.69, 9.17) is 14.8 Å². The van der Waals surface area contributed by atoms with Crippen LogP contribution in [0.1, 0.15) is 52.0 Å². The van der Waals surface area contributed by atoms with Crippen molar-refractivity contribution >= 4 is 17.2 Å². The summed E-state index contributed by atoms with van der Waals surface area (Å²) in [4.78, 5) is 23.0. The second kappa shape index (κ2) is 13.8. The van der Waals surface area contributed by atoms with E-state index >= 15 is 0 Å². The molecule has 0 unspecified atom stereocenters. The number of hydrogen-bond acceptors (Lipinski definition) is 8. The van der Waals surface area contributed by atoms with Gasteiger partial charge < -0.3 is 25.0 Å². The third-order valence-corrected chi connectivity index (χ3v) is 8.00. The van der Waals surface area contributed by atoms with Gasteiger partial charge in [0.15, 0.2) is 0 Å². The molecule has 2 aliphatic heterocycles. The Morgan fingerprint density at radius 1 is 1.17 bits per heavy atom. The number of piperidine rings is 1. The van der Waals surface area contributed by atoms with Gasteiger partial charge in [-0.1, -0.05) is 13.8 Å². The number of pyridine rings is 2. The van der Waals surface area contributed by atoms with Crippen LogP contribution < -0.4 is 15.0 Å². The molecule has 2 fully saturated rings. The smallest absolute Gasteiger partial charge is 0.227 e. The Bertz CT molecular complexity index is 1330. The number of likely N-dealkylation sites (tertiary alicyclic amines) is 1. The van der Waals surface area contributed by atoms with Gasteiger partial charge in [-0.05, 0) is 69.8 Å². The van der Waals surface area contributed by atoms with Crippen LogP contribution in [0, 0.1) is 22.7 Å². The SMILES string of the molecule is CCOc1cc(-c2ccc(N3CCC(CN4CCCC4)(C(=O)NCC(C)C)CC3)nc2)c2c(C#N)cnn2c1.CO. The van der Waals surface area contributed by atoms with Gasteiger partial charge in [0.25, 0.3) is 0 Å². The van der Waals surface area contributed by atoms with E-state index < -0.39 is 0 Å². The van der Waals surface area contributed by atoms with Gasteiger partial charge in [0.05, 0.1) is 35.5 Å². The van der Waals surface area contributed by atoms with Crippen molar-refractivity contribution in [1.82, 2.24) is 24.8 Å². The fourth-order valence-electron chi connectivity index (χ4n) is 5.85. The number of anilines is 1. The number of hydrogen-bond donors (Lipinski definition) is 2. The predicted molar refractivity (Wildman–Crippen MR) is 160 cm³/mol. The standard InChI is InChI=1S/C30H39N7O2.CH4O/c1-4-39-25-15-26(28-24(16-31)19-34-37(28)20-25)23-7-8-27(32-18-23)36-13-9-30(10-14-36,21-35-11-5-6-12-35)29(38)33-17-22(2)3;1-2/h7-8,15,18-20,22H,4-6,9-14,17,21H2,1-3H3,(H,33,38);2H,1H3. The van der Waals surface area contributed by atoms with E-state index in [1.54, 1.807) is 16.9 Å². The van der Waals surface area contributed by atoms with Gasteiger partial charge in [-0.3, -0.25) is 4.79 Å². The summed E-state index contributed by atoms with van der Waals surface area (Å²) in [5.41, 5.74) is 2.66. The van der Waals surface area contributed by atoms with Crippen molar-refractivity contribution < 1.29 is 14.6 Å². The Morgan fingerprint density at radius 3 is 2.51 bits per heavy atom. The molecule has 2 saturated heterocycles. The molecule has 0 aromatic carbocycles. The van der Waals surface area contributed by atoms with Crippen molar-refractivity contribution in [3.63, 3.8) is 0 Å². The Hall–Kier alpha value is -3.68. The average molecular weight is 562 g/mol. The first kappa shape index (κ1) is 30.3. The molecule has 0 bridgehead atoms. The van der Waals surface area contributed by atoms with Crippen molar-refractivity contribution in [3.05, 3.63) is 42.4 Å². The Morgan fingerprint density at radius 2 is 1.90 bits per heavy atom. The van der Waals surface area contributed by atoms with Crippen LogP contribution in [-0.4, -0.2) is 83.5 Å². The molecule has 220 valence electrons. The minimum absolute atomic E-state index is 0.207. The molecular formula is C31H43N7O3. The molecule has 5 heterocycles. The summed E-state index contributed by atoms with van der Waals surface area (Å²) in [5, 5.41) is 24.2. The van der Waals surface area contributed by atoms with Crippen molar-refractivity contribution in [2.45, 2.75) is 46.5 Å². The maximum atomic E-state index is 13.5. The first-order valence-corrected chi connectivity index (χ1v) is 14.6. The molecule has 3 aromatic rings. The van der Waals surface area contributed by atoms with Gasteiger partial charge >= 0.3 is 0 Å². The van der Waals surface area contributed by atoms with Crippen LogP contribution in [0.25, 0.3) is 16.6 Å². The van der Waals surface area contributed by atoms with E-state index in [-0.39, 0.29) is 11.3 Å². The predicted octanol–water partition coefficient (Wildman–Crippen LogP) is 3.73. The summed E-state index contributed by atoms with van der Waals surface area (Å²) in [7, 11) is 1.00. The topological polar surface area (TPSA) is 119 Å². The van der Waals surface area contributed by atoms with Crippen molar-refractivity contribution in [3.8, 4) is 22.9 Å². The molecule has 10 nitrogen and oxygen atoms in total. The van der Waals surface area contributed by atoms with Crippen LogP contribution in [0.3, 0.4) is 0 Å². The Labute approximate surface area is 242 Å². The highest BCUT2D eigenvalue weighted by Gasteiger charge is 2.43. The maximum absolute atomic E-state index is 13.5. The largest absolute Gasteiger partial charge is 0.492 e. The van der Waals surface area contributed by atoms with E-state index in [2.05, 4.69) is 40.1 Å². The maximum Gasteiger partial charge on any atom is 0.227 e. The van der Waals surface area contributed by atoms with Gasteiger partial charge in [-0.15, -0.1) is 0 Å². The number of aliphatic hydroxyl groups excluding tert-OH is 1. The Balaban J connectivity index is 0.00000189. The van der Waals surface area contributed by atoms with Crippen molar-refractivity contribution in [1.29, 1.82) is 5.26 Å². The number of ether oxygens (including phenoxy) is 1. The lowest BCUT2D eigenvalue weighted by Crippen LogP contribution is -2.54. The molecule has 1 amide bonds. The molecule has 0 aliphatic carbocycles. The highest BCUT2D eigenvalue weighted by molar-refractivity contribution is 5.85. The summed E-state index contributed by atoms with van der Waals surface area (Å²) >= 11 is 0. The number of carbonyl (C=O) groups is 1. The lowest BCUT2D eigenvalue weighted by Gasteiger charge is -2.43. The fourth-order valence-corrected chi connectivity index (χ4v) is 5.85. The highest BCUT2D eigenvalue weighted by Crippen LogP contribution is 2.36. The number of aromatic nitrogens is 3.